The Morgan fingerprint density at radius 2 is 0.833 bits per heavy atom. The van der Waals surface area contributed by atoms with Gasteiger partial charge in [0.2, 0.25) is 12.1 Å². The van der Waals surface area contributed by atoms with E-state index < -0.39 is 31.0 Å². The first-order valence-corrected chi connectivity index (χ1v) is 3.55. The van der Waals surface area contributed by atoms with Gasteiger partial charge in [0.25, 0.3) is 0 Å². The molecule has 0 aromatic heterocycles. The summed E-state index contributed by atoms with van der Waals surface area (Å²) in [6, 6.07) is 0.530. The zero-order valence-corrected chi connectivity index (χ0v) is 7.95. The van der Waals surface area contributed by atoms with Crippen LogP contribution in [0.4, 0.5) is 0 Å². The van der Waals surface area contributed by atoms with Crippen molar-refractivity contribution in [2.24, 2.45) is 0 Å². The average molecular weight is 260 g/mol. The second-order valence-electron chi connectivity index (χ2n) is 2.60. The van der Waals surface area contributed by atoms with E-state index in [1.807, 2.05) is 0 Å². The fourth-order valence-electron chi connectivity index (χ4n) is 0.962. The van der Waals surface area contributed by atoms with E-state index in [-0.39, 0.29) is 12.1 Å². The Hall–Kier alpha value is -3.42. The predicted molar refractivity (Wildman–Crippen MR) is 44.7 cm³/mol. The van der Waals surface area contributed by atoms with Crippen molar-refractivity contribution in [3.8, 4) is 12.1 Å². The summed E-state index contributed by atoms with van der Waals surface area (Å²) < 4.78 is 0. The smallest absolute Gasteiger partial charge is 0.257 e. The van der Waals surface area contributed by atoms with E-state index in [4.69, 9.17) is 10.5 Å². The Morgan fingerprint density at radius 1 is 0.667 bits per heavy atom. The van der Waals surface area contributed by atoms with Crippen LogP contribution in [0.3, 0.4) is 0 Å². The van der Waals surface area contributed by atoms with E-state index >= 15 is 0 Å². The quantitative estimate of drug-likeness (QED) is 0.317. The molecule has 0 spiro atoms. The molecule has 0 unspecified atom stereocenters. The maximum absolute atomic E-state index is 10.5. The van der Waals surface area contributed by atoms with Gasteiger partial charge in [0, 0.05) is 0 Å². The van der Waals surface area contributed by atoms with Gasteiger partial charge in [0.05, 0.1) is 0 Å². The molecule has 14 nitrogen and oxygen atoms in total. The highest BCUT2D eigenvalue weighted by molar-refractivity contribution is 5.12. The molecule has 0 saturated carbocycles. The molecule has 0 saturated heterocycles. The fraction of sp³-hybridized carbons (Fsp3) is 0.500. The van der Waals surface area contributed by atoms with Crippen molar-refractivity contribution >= 4 is 0 Å². The molecule has 14 heteroatoms. The molecule has 94 valence electrons. The van der Waals surface area contributed by atoms with Crippen LogP contribution in [0.1, 0.15) is 0 Å². The summed E-state index contributed by atoms with van der Waals surface area (Å²) in [4.78, 5) is 33.4. The Kier molecular flexibility index (Phi) is 3.41. The fourth-order valence-corrected chi connectivity index (χ4v) is 0.962. The molecule has 0 heterocycles. The van der Waals surface area contributed by atoms with Gasteiger partial charge in [0.15, 0.2) is 0 Å². The third-order valence-electron chi connectivity index (χ3n) is 1.85. The molecular weight excluding hydrogens is 260 g/mol. The molecule has 0 amide bonds. The summed E-state index contributed by atoms with van der Waals surface area (Å²) >= 11 is 0. The van der Waals surface area contributed by atoms with Gasteiger partial charge in [-0.15, -0.1) is 0 Å². The van der Waals surface area contributed by atoms with Crippen LogP contribution in [0.2, 0.25) is 0 Å². The molecule has 0 aromatic carbocycles. The van der Waals surface area contributed by atoms with Crippen LogP contribution in [0.5, 0.6) is 0 Å². The van der Waals surface area contributed by atoms with Crippen LogP contribution in [-0.4, -0.2) is 31.0 Å². The van der Waals surface area contributed by atoms with Crippen LogP contribution in [0, 0.1) is 63.1 Å². The molecule has 0 aliphatic heterocycles. The lowest BCUT2D eigenvalue weighted by Crippen LogP contribution is -2.70. The minimum Gasteiger partial charge on any atom is -0.257 e. The van der Waals surface area contributed by atoms with Gasteiger partial charge in [-0.3, -0.25) is 40.5 Å². The van der Waals surface area contributed by atoms with Crippen molar-refractivity contribution in [3.63, 3.8) is 0 Å². The standard InChI is InChI=1S/C4N6O8/c5-1-3(7(11)12,8(13)14)4(2-6,9(15)16)10(17)18. The highest BCUT2D eigenvalue weighted by Gasteiger charge is 2.95. The van der Waals surface area contributed by atoms with Crippen LogP contribution in [0.25, 0.3) is 0 Å². The lowest BCUT2D eigenvalue weighted by atomic mass is 9.97. The van der Waals surface area contributed by atoms with E-state index in [1.54, 1.807) is 0 Å². The summed E-state index contributed by atoms with van der Waals surface area (Å²) in [5.74, 6) is 0. The van der Waals surface area contributed by atoms with Crippen molar-refractivity contribution in [2.75, 3.05) is 0 Å². The second kappa shape index (κ2) is 4.22. The van der Waals surface area contributed by atoms with Crippen molar-refractivity contribution in [3.05, 3.63) is 40.5 Å². The van der Waals surface area contributed by atoms with Crippen LogP contribution >= 0.6 is 0 Å². The van der Waals surface area contributed by atoms with E-state index in [0.29, 0.717) is 0 Å². The number of hydrogen-bond acceptors (Lipinski definition) is 10. The monoisotopic (exact) mass is 260 g/mol. The number of nitriles is 2. The summed E-state index contributed by atoms with van der Waals surface area (Å²) in [5, 5.41) is 58.7. The van der Waals surface area contributed by atoms with Gasteiger partial charge in [-0.2, -0.15) is 10.5 Å². The van der Waals surface area contributed by atoms with Gasteiger partial charge in [-0.25, -0.2) is 0 Å². The lowest BCUT2D eigenvalue weighted by molar-refractivity contribution is -0.912. The normalized spacial score (nSPS) is 10.8. The zero-order chi connectivity index (χ0) is 14.7. The molecule has 0 rings (SSSR count). The van der Waals surface area contributed by atoms with Crippen molar-refractivity contribution in [1.82, 2.24) is 0 Å². The highest BCUT2D eigenvalue weighted by Crippen LogP contribution is 2.29. The molecule has 0 radical (unpaired) electrons. The number of nitro groups is 4. The Morgan fingerprint density at radius 3 is 0.889 bits per heavy atom. The van der Waals surface area contributed by atoms with E-state index in [1.165, 1.54) is 0 Å². The summed E-state index contributed by atoms with van der Waals surface area (Å²) in [7, 11) is 0. The molecule has 0 fully saturated rings. The Labute approximate surface area is 95.2 Å². The van der Waals surface area contributed by atoms with Crippen LogP contribution in [-0.2, 0) is 0 Å². The van der Waals surface area contributed by atoms with Gasteiger partial charge in [-0.1, -0.05) is 0 Å². The summed E-state index contributed by atoms with van der Waals surface area (Å²) in [6.07, 6.45) is 0. The molecule has 0 aromatic rings. The first-order chi connectivity index (χ1) is 8.14. The first kappa shape index (κ1) is 14.6. The maximum Gasteiger partial charge on any atom is 0.698 e. The average Bonchev–Trinajstić information content (AvgIpc) is 2.23. The van der Waals surface area contributed by atoms with Crippen molar-refractivity contribution < 1.29 is 19.7 Å². The van der Waals surface area contributed by atoms with Gasteiger partial charge in [-0.05, 0) is 0 Å². The largest absolute Gasteiger partial charge is 0.698 e. The van der Waals surface area contributed by atoms with E-state index in [2.05, 4.69) is 0 Å². The minimum atomic E-state index is -4.56. The SMILES string of the molecule is N#CC([N+](=O)[O-])([N+](=O)[O-])C(C#N)([N+](=O)[O-])[N+](=O)[O-]. The minimum absolute atomic E-state index is 0.265. The van der Waals surface area contributed by atoms with E-state index in [0.717, 1.165) is 0 Å². The lowest BCUT2D eigenvalue weighted by Gasteiger charge is -2.13. The molecule has 0 aliphatic carbocycles. The van der Waals surface area contributed by atoms with Crippen molar-refractivity contribution in [1.29, 1.82) is 10.5 Å². The molecule has 0 N–H and O–H groups in total. The molecule has 0 aliphatic rings. The maximum atomic E-state index is 10.5. The Bertz CT molecular complexity index is 449. The molecule has 18 heavy (non-hydrogen) atoms. The highest BCUT2D eigenvalue weighted by atomic mass is 16.7. The van der Waals surface area contributed by atoms with Gasteiger partial charge >= 0.3 is 11.3 Å². The first-order valence-electron chi connectivity index (χ1n) is 3.55. The number of nitrogens with zero attached hydrogens (tertiary/aromatic N) is 6. The third kappa shape index (κ3) is 1.33. The molecular formula is C4N6O8. The third-order valence-corrected chi connectivity index (χ3v) is 1.85. The van der Waals surface area contributed by atoms with Gasteiger partial charge in [0.1, 0.15) is 19.7 Å². The predicted octanol–water partition coefficient (Wildman–Crippen LogP) is -1.47. The van der Waals surface area contributed by atoms with Crippen LogP contribution < -0.4 is 0 Å². The van der Waals surface area contributed by atoms with Crippen LogP contribution in [0.15, 0.2) is 0 Å². The number of rotatable bonds is 5. The zero-order valence-electron chi connectivity index (χ0n) is 7.95. The Balaban J connectivity index is 6.73. The topological polar surface area (TPSA) is 220 Å². The van der Waals surface area contributed by atoms with Gasteiger partial charge < -0.3 is 0 Å². The second-order valence-corrected chi connectivity index (χ2v) is 2.60. The molecule has 0 bridgehead atoms. The summed E-state index contributed by atoms with van der Waals surface area (Å²) in [6.45, 7) is 0. The van der Waals surface area contributed by atoms with Crippen molar-refractivity contribution in [2.45, 2.75) is 11.3 Å². The molecule has 0 atom stereocenters. The number of hydrogen-bond donors (Lipinski definition) is 0. The van der Waals surface area contributed by atoms with E-state index in [9.17, 15) is 40.5 Å². The summed E-state index contributed by atoms with van der Waals surface area (Å²) in [5.41, 5.74) is -9.12.